The van der Waals surface area contributed by atoms with Gasteiger partial charge in [-0.1, -0.05) is 10.6 Å². The Labute approximate surface area is 118 Å². The van der Waals surface area contributed by atoms with Crippen molar-refractivity contribution < 1.29 is 17.4 Å². The lowest BCUT2D eigenvalue weighted by Crippen LogP contribution is -2.48. The van der Waals surface area contributed by atoms with Gasteiger partial charge in [-0.3, -0.25) is 4.18 Å². The molecule has 0 aliphatic carbocycles. The quantitative estimate of drug-likeness (QED) is 0.271. The normalized spacial score (nSPS) is 14.8. The van der Waals surface area contributed by atoms with Crippen LogP contribution in [0.3, 0.4) is 0 Å². The monoisotopic (exact) mass is 296 g/mol. The second kappa shape index (κ2) is 6.18. The number of aromatic nitrogens is 2. The van der Waals surface area contributed by atoms with Gasteiger partial charge in [0.2, 0.25) is 5.95 Å². The van der Waals surface area contributed by atoms with Gasteiger partial charge in [0.1, 0.15) is 21.1 Å². The molecule has 0 N–H and O–H groups in total. The van der Waals surface area contributed by atoms with Crippen LogP contribution < -0.4 is 10.4 Å². The van der Waals surface area contributed by atoms with Crippen LogP contribution >= 0.6 is 0 Å². The Bertz CT molecular complexity index is 582. The molecule has 106 valence electrons. The van der Waals surface area contributed by atoms with Crippen LogP contribution in [-0.4, -0.2) is 64.5 Å². The lowest BCUT2D eigenvalue weighted by molar-refractivity contribution is 0.108. The van der Waals surface area contributed by atoms with E-state index in [1.54, 1.807) is 0 Å². The summed E-state index contributed by atoms with van der Waals surface area (Å²) in [7, 11) is 2.07. The standard InChI is InChI=1S/C10H13BN4O4S/c1-20(16,17)19-3-2-18-14-9-6-15(7-9)10-12-4-8(11)5-13-10/h4-5H,2-3,6-7H2,1H3. The Morgan fingerprint density at radius 3 is 2.60 bits per heavy atom. The average Bonchev–Trinajstić information content (AvgIpc) is 2.31. The number of anilines is 1. The van der Waals surface area contributed by atoms with E-state index in [2.05, 4.69) is 19.3 Å². The molecule has 1 aliphatic heterocycles. The van der Waals surface area contributed by atoms with Gasteiger partial charge in [-0.2, -0.15) is 8.42 Å². The molecule has 1 fully saturated rings. The van der Waals surface area contributed by atoms with Crippen molar-refractivity contribution in [1.29, 1.82) is 0 Å². The van der Waals surface area contributed by atoms with Crippen molar-refractivity contribution in [2.24, 2.45) is 5.16 Å². The van der Waals surface area contributed by atoms with E-state index < -0.39 is 10.1 Å². The fourth-order valence-corrected chi connectivity index (χ4v) is 1.82. The van der Waals surface area contributed by atoms with Crippen LogP contribution in [0, 0.1) is 0 Å². The highest BCUT2D eigenvalue weighted by molar-refractivity contribution is 7.85. The lowest BCUT2D eigenvalue weighted by atomic mass is 10.0. The van der Waals surface area contributed by atoms with Gasteiger partial charge in [0.25, 0.3) is 10.1 Å². The molecule has 1 aromatic heterocycles. The Kier molecular flexibility index (Phi) is 4.55. The Morgan fingerprint density at radius 2 is 2.00 bits per heavy atom. The van der Waals surface area contributed by atoms with E-state index in [1.165, 1.54) is 12.4 Å². The summed E-state index contributed by atoms with van der Waals surface area (Å²) in [5.41, 5.74) is 1.34. The molecule has 0 aromatic carbocycles. The molecule has 0 amide bonds. The van der Waals surface area contributed by atoms with E-state index >= 15 is 0 Å². The average molecular weight is 296 g/mol. The van der Waals surface area contributed by atoms with E-state index in [-0.39, 0.29) is 13.2 Å². The molecule has 1 aliphatic rings. The first-order valence-electron chi connectivity index (χ1n) is 5.78. The van der Waals surface area contributed by atoms with Crippen molar-refractivity contribution in [3.8, 4) is 0 Å². The molecule has 0 unspecified atom stereocenters. The minimum absolute atomic E-state index is 0.0552. The minimum Gasteiger partial charge on any atom is -0.393 e. The van der Waals surface area contributed by atoms with Crippen molar-refractivity contribution in [3.63, 3.8) is 0 Å². The zero-order valence-electron chi connectivity index (χ0n) is 10.9. The highest BCUT2D eigenvalue weighted by Gasteiger charge is 2.24. The van der Waals surface area contributed by atoms with Crippen LogP contribution in [0.1, 0.15) is 0 Å². The second-order valence-corrected chi connectivity index (χ2v) is 5.83. The topological polar surface area (TPSA) is 94.0 Å². The molecule has 1 saturated heterocycles. The lowest BCUT2D eigenvalue weighted by Gasteiger charge is -2.31. The molecule has 0 spiro atoms. The summed E-state index contributed by atoms with van der Waals surface area (Å²) in [4.78, 5) is 15.0. The molecule has 2 radical (unpaired) electrons. The Balaban J connectivity index is 1.68. The third-order valence-corrected chi connectivity index (χ3v) is 2.95. The summed E-state index contributed by atoms with van der Waals surface area (Å²) in [5.74, 6) is 0.582. The van der Waals surface area contributed by atoms with Gasteiger partial charge in [0.05, 0.1) is 25.1 Å². The van der Waals surface area contributed by atoms with Gasteiger partial charge in [-0.05, 0) is 0 Å². The van der Waals surface area contributed by atoms with Gasteiger partial charge in [0, 0.05) is 12.4 Å². The molecule has 0 bridgehead atoms. The minimum atomic E-state index is -3.43. The maximum atomic E-state index is 10.7. The molecular weight excluding hydrogens is 283 g/mol. The Hall–Kier alpha value is -1.68. The van der Waals surface area contributed by atoms with E-state index in [4.69, 9.17) is 12.7 Å². The van der Waals surface area contributed by atoms with E-state index in [0.29, 0.717) is 24.5 Å². The van der Waals surface area contributed by atoms with Crippen molar-refractivity contribution in [2.75, 3.05) is 37.5 Å². The van der Waals surface area contributed by atoms with Crippen LogP contribution in [0.2, 0.25) is 0 Å². The van der Waals surface area contributed by atoms with Crippen LogP contribution in [0.4, 0.5) is 5.95 Å². The number of hydrogen-bond donors (Lipinski definition) is 0. The third-order valence-electron chi connectivity index (χ3n) is 2.35. The fourth-order valence-electron chi connectivity index (χ4n) is 1.45. The smallest absolute Gasteiger partial charge is 0.264 e. The maximum Gasteiger partial charge on any atom is 0.264 e. The SMILES string of the molecule is [B]c1cnc(N2CC(=NOCCOS(C)(=O)=O)C2)nc1. The summed E-state index contributed by atoms with van der Waals surface area (Å²) in [5, 5.41) is 3.86. The molecule has 20 heavy (non-hydrogen) atoms. The molecule has 2 heterocycles. The van der Waals surface area contributed by atoms with E-state index in [1.807, 2.05) is 4.90 Å². The predicted molar refractivity (Wildman–Crippen MR) is 73.8 cm³/mol. The van der Waals surface area contributed by atoms with Crippen LogP contribution in [0.5, 0.6) is 0 Å². The van der Waals surface area contributed by atoms with Gasteiger partial charge >= 0.3 is 0 Å². The van der Waals surface area contributed by atoms with Crippen LogP contribution in [0.25, 0.3) is 0 Å². The summed E-state index contributed by atoms with van der Waals surface area (Å²) < 4.78 is 25.9. The summed E-state index contributed by atoms with van der Waals surface area (Å²) in [6.07, 6.45) is 4.06. The van der Waals surface area contributed by atoms with E-state index in [9.17, 15) is 8.42 Å². The van der Waals surface area contributed by atoms with Crippen molar-refractivity contribution in [2.45, 2.75) is 0 Å². The van der Waals surface area contributed by atoms with Gasteiger partial charge < -0.3 is 9.74 Å². The molecule has 0 atom stereocenters. The predicted octanol–water partition coefficient (Wildman–Crippen LogP) is -1.56. The molecule has 8 nitrogen and oxygen atoms in total. The molecule has 1 aromatic rings. The summed E-state index contributed by atoms with van der Waals surface area (Å²) in [6, 6.07) is 0. The van der Waals surface area contributed by atoms with Crippen molar-refractivity contribution in [1.82, 2.24) is 9.97 Å². The number of nitrogens with zero attached hydrogens (tertiary/aromatic N) is 4. The van der Waals surface area contributed by atoms with Gasteiger partial charge in [0.15, 0.2) is 0 Å². The summed E-state index contributed by atoms with van der Waals surface area (Å²) >= 11 is 0. The first kappa shape index (κ1) is 14.7. The fraction of sp³-hybridized carbons (Fsp3) is 0.500. The first-order valence-corrected chi connectivity index (χ1v) is 7.60. The van der Waals surface area contributed by atoms with Gasteiger partial charge in [-0.15, -0.1) is 0 Å². The van der Waals surface area contributed by atoms with E-state index in [0.717, 1.165) is 12.0 Å². The van der Waals surface area contributed by atoms with Crippen LogP contribution in [0.15, 0.2) is 17.5 Å². The number of hydrogen-bond acceptors (Lipinski definition) is 8. The molecule has 10 heteroatoms. The third kappa shape index (κ3) is 4.46. The Morgan fingerprint density at radius 1 is 1.35 bits per heavy atom. The highest BCUT2D eigenvalue weighted by atomic mass is 32.2. The molecule has 0 saturated carbocycles. The number of rotatable bonds is 6. The van der Waals surface area contributed by atoms with Crippen LogP contribution in [-0.2, 0) is 19.1 Å². The largest absolute Gasteiger partial charge is 0.393 e. The molecular formula is C10H13BN4O4S. The maximum absolute atomic E-state index is 10.7. The second-order valence-electron chi connectivity index (χ2n) is 4.19. The zero-order valence-corrected chi connectivity index (χ0v) is 11.7. The molecule has 2 rings (SSSR count). The van der Waals surface area contributed by atoms with Crippen molar-refractivity contribution in [3.05, 3.63) is 12.4 Å². The van der Waals surface area contributed by atoms with Gasteiger partial charge in [-0.25, -0.2) is 9.97 Å². The first-order chi connectivity index (χ1) is 9.44. The number of oxime groups is 1. The highest BCUT2D eigenvalue weighted by Crippen LogP contribution is 2.12. The zero-order chi connectivity index (χ0) is 14.6. The van der Waals surface area contributed by atoms with Crippen molar-refractivity contribution >= 4 is 35.1 Å². The summed E-state index contributed by atoms with van der Waals surface area (Å²) in [6.45, 7) is 1.16.